The molecule has 2 nitrogen and oxygen atoms in total. The monoisotopic (exact) mass is 275 g/mol. The third kappa shape index (κ3) is 2.67. The van der Waals surface area contributed by atoms with E-state index in [1.807, 2.05) is 0 Å². The van der Waals surface area contributed by atoms with E-state index in [4.69, 9.17) is 16.0 Å². The summed E-state index contributed by atoms with van der Waals surface area (Å²) >= 11 is 5.51. The van der Waals surface area contributed by atoms with Crippen LogP contribution in [0.3, 0.4) is 0 Å². The van der Waals surface area contributed by atoms with Crippen LogP contribution in [0.2, 0.25) is 0 Å². The van der Waals surface area contributed by atoms with Crippen molar-refractivity contribution >= 4 is 11.6 Å². The molecule has 0 unspecified atom stereocenters. The molecule has 2 rings (SSSR count). The number of oxazole rings is 1. The first-order valence-electron chi connectivity index (χ1n) is 5.27. The minimum absolute atomic E-state index is 0.0606. The second-order valence-corrected chi connectivity index (χ2v) is 4.03. The second kappa shape index (κ2) is 5.44. The van der Waals surface area contributed by atoms with E-state index in [-0.39, 0.29) is 5.76 Å². The lowest BCUT2D eigenvalue weighted by Gasteiger charge is -2.01. The number of rotatable bonds is 4. The summed E-state index contributed by atoms with van der Waals surface area (Å²) in [6.45, 7) is 0. The van der Waals surface area contributed by atoms with Gasteiger partial charge in [0.05, 0.1) is 11.8 Å². The third-order valence-electron chi connectivity index (χ3n) is 2.33. The average molecular weight is 276 g/mol. The Morgan fingerprint density at radius 1 is 1.17 bits per heavy atom. The molecular formula is C12H9ClF3NO. The van der Waals surface area contributed by atoms with Crippen molar-refractivity contribution in [3.63, 3.8) is 0 Å². The SMILES string of the molecule is Fc1cc(F)c(-c2cnc(CCCCl)o2)c(F)c1. The van der Waals surface area contributed by atoms with Gasteiger partial charge >= 0.3 is 0 Å². The van der Waals surface area contributed by atoms with Crippen LogP contribution in [0, 0.1) is 17.5 Å². The van der Waals surface area contributed by atoms with Gasteiger partial charge in [0.15, 0.2) is 11.7 Å². The zero-order valence-electron chi connectivity index (χ0n) is 9.22. The zero-order chi connectivity index (χ0) is 13.1. The molecule has 0 fully saturated rings. The van der Waals surface area contributed by atoms with Gasteiger partial charge in [-0.05, 0) is 6.42 Å². The summed E-state index contributed by atoms with van der Waals surface area (Å²) in [5, 5.41) is 0. The van der Waals surface area contributed by atoms with Crippen molar-refractivity contribution in [2.45, 2.75) is 12.8 Å². The molecule has 0 saturated carbocycles. The van der Waals surface area contributed by atoms with Crippen molar-refractivity contribution < 1.29 is 17.6 Å². The molecule has 0 aliphatic rings. The second-order valence-electron chi connectivity index (χ2n) is 3.66. The van der Waals surface area contributed by atoms with Crippen molar-refractivity contribution in [3.05, 3.63) is 41.7 Å². The smallest absolute Gasteiger partial charge is 0.194 e. The first-order valence-corrected chi connectivity index (χ1v) is 5.81. The minimum atomic E-state index is -1.02. The predicted octanol–water partition coefficient (Wildman–Crippen LogP) is 3.93. The van der Waals surface area contributed by atoms with Crippen LogP contribution in [0.1, 0.15) is 12.3 Å². The molecule has 1 aromatic heterocycles. The number of aromatic nitrogens is 1. The van der Waals surface area contributed by atoms with Crippen LogP contribution >= 0.6 is 11.6 Å². The van der Waals surface area contributed by atoms with E-state index in [0.29, 0.717) is 36.7 Å². The van der Waals surface area contributed by atoms with Gasteiger partial charge in [-0.3, -0.25) is 0 Å². The molecule has 1 aromatic carbocycles. The summed E-state index contributed by atoms with van der Waals surface area (Å²) in [5.74, 6) is -2.30. The lowest BCUT2D eigenvalue weighted by atomic mass is 10.1. The summed E-state index contributed by atoms with van der Waals surface area (Å²) in [6, 6.07) is 1.19. The summed E-state index contributed by atoms with van der Waals surface area (Å²) in [5.41, 5.74) is -0.416. The first kappa shape index (κ1) is 13.0. The van der Waals surface area contributed by atoms with Gasteiger partial charge in [0, 0.05) is 24.4 Å². The van der Waals surface area contributed by atoms with E-state index in [1.54, 1.807) is 0 Å². The minimum Gasteiger partial charge on any atom is -0.441 e. The van der Waals surface area contributed by atoms with E-state index >= 15 is 0 Å². The lowest BCUT2D eigenvalue weighted by Crippen LogP contribution is -1.91. The fourth-order valence-electron chi connectivity index (χ4n) is 1.54. The van der Waals surface area contributed by atoms with Crippen LogP contribution in [-0.4, -0.2) is 10.9 Å². The van der Waals surface area contributed by atoms with Crippen molar-refractivity contribution in [1.82, 2.24) is 4.98 Å². The van der Waals surface area contributed by atoms with Gasteiger partial charge in [-0.2, -0.15) is 0 Å². The number of halogens is 4. The Morgan fingerprint density at radius 3 is 2.44 bits per heavy atom. The summed E-state index contributed by atoms with van der Waals surface area (Å²) in [7, 11) is 0. The third-order valence-corrected chi connectivity index (χ3v) is 2.60. The van der Waals surface area contributed by atoms with Gasteiger partial charge in [-0.1, -0.05) is 0 Å². The van der Waals surface area contributed by atoms with Crippen LogP contribution in [0.15, 0.2) is 22.7 Å². The van der Waals surface area contributed by atoms with E-state index in [0.717, 1.165) is 0 Å². The molecule has 0 spiro atoms. The Hall–Kier alpha value is -1.49. The summed E-state index contributed by atoms with van der Waals surface area (Å²) in [4.78, 5) is 3.88. The van der Waals surface area contributed by atoms with Gasteiger partial charge in [-0.25, -0.2) is 18.2 Å². The quantitative estimate of drug-likeness (QED) is 0.790. The Balaban J connectivity index is 2.34. The maximum atomic E-state index is 13.5. The number of hydrogen-bond acceptors (Lipinski definition) is 2. The highest BCUT2D eigenvalue weighted by atomic mass is 35.5. The fraction of sp³-hybridized carbons (Fsp3) is 0.250. The van der Waals surface area contributed by atoms with E-state index in [1.165, 1.54) is 6.20 Å². The highest BCUT2D eigenvalue weighted by Crippen LogP contribution is 2.27. The van der Waals surface area contributed by atoms with Gasteiger partial charge in [0.1, 0.15) is 17.5 Å². The van der Waals surface area contributed by atoms with Crippen LogP contribution in [0.25, 0.3) is 11.3 Å². The summed E-state index contributed by atoms with van der Waals surface area (Å²) in [6.07, 6.45) is 2.34. The molecule has 0 amide bonds. The molecule has 18 heavy (non-hydrogen) atoms. The number of hydrogen-bond donors (Lipinski definition) is 0. The molecule has 96 valence electrons. The average Bonchev–Trinajstić information content (AvgIpc) is 2.73. The Bertz CT molecular complexity index is 533. The zero-order valence-corrected chi connectivity index (χ0v) is 9.98. The number of nitrogens with zero attached hydrogens (tertiary/aromatic N) is 1. The number of alkyl halides is 1. The maximum absolute atomic E-state index is 13.5. The van der Waals surface area contributed by atoms with Crippen LogP contribution in [-0.2, 0) is 6.42 Å². The van der Waals surface area contributed by atoms with Crippen molar-refractivity contribution in [3.8, 4) is 11.3 Å². The molecule has 0 radical (unpaired) electrons. The molecular weight excluding hydrogens is 267 g/mol. The fourth-order valence-corrected chi connectivity index (χ4v) is 1.67. The molecule has 0 aliphatic carbocycles. The van der Waals surface area contributed by atoms with E-state index in [2.05, 4.69) is 4.98 Å². The molecule has 0 bridgehead atoms. The highest BCUT2D eigenvalue weighted by molar-refractivity contribution is 6.17. The van der Waals surface area contributed by atoms with Gasteiger partial charge in [-0.15, -0.1) is 11.6 Å². The number of benzene rings is 1. The Labute approximate surface area is 106 Å². The van der Waals surface area contributed by atoms with Crippen LogP contribution < -0.4 is 0 Å². The normalized spacial score (nSPS) is 10.9. The van der Waals surface area contributed by atoms with Crippen molar-refractivity contribution in [2.75, 3.05) is 5.88 Å². The molecule has 0 atom stereocenters. The lowest BCUT2D eigenvalue weighted by molar-refractivity contribution is 0.490. The van der Waals surface area contributed by atoms with Gasteiger partial charge in [0.25, 0.3) is 0 Å². The first-order chi connectivity index (χ1) is 8.61. The van der Waals surface area contributed by atoms with Crippen molar-refractivity contribution in [1.29, 1.82) is 0 Å². The van der Waals surface area contributed by atoms with Crippen molar-refractivity contribution in [2.24, 2.45) is 0 Å². The predicted molar refractivity (Wildman–Crippen MR) is 60.9 cm³/mol. The van der Waals surface area contributed by atoms with Crippen LogP contribution in [0.5, 0.6) is 0 Å². The largest absolute Gasteiger partial charge is 0.441 e. The molecule has 6 heteroatoms. The van der Waals surface area contributed by atoms with Gasteiger partial charge in [0.2, 0.25) is 0 Å². The topological polar surface area (TPSA) is 26.0 Å². The van der Waals surface area contributed by atoms with Crippen LogP contribution in [0.4, 0.5) is 13.2 Å². The Morgan fingerprint density at radius 2 is 1.83 bits per heavy atom. The molecule has 2 aromatic rings. The molecule has 0 saturated heterocycles. The maximum Gasteiger partial charge on any atom is 0.194 e. The molecule has 0 N–H and O–H groups in total. The molecule has 1 heterocycles. The molecule has 0 aliphatic heterocycles. The van der Waals surface area contributed by atoms with E-state index < -0.39 is 23.0 Å². The highest BCUT2D eigenvalue weighted by Gasteiger charge is 2.17. The van der Waals surface area contributed by atoms with E-state index in [9.17, 15) is 13.2 Å². The summed E-state index contributed by atoms with van der Waals surface area (Å²) < 4.78 is 44.9. The standard InChI is InChI=1S/C12H9ClF3NO/c13-3-1-2-11-17-6-10(18-11)12-8(15)4-7(14)5-9(12)16/h4-6H,1-3H2. The van der Waals surface area contributed by atoms with Gasteiger partial charge < -0.3 is 4.42 Å². The number of aryl methyl sites for hydroxylation is 1. The Kier molecular flexibility index (Phi) is 3.91.